The van der Waals surface area contributed by atoms with Crippen LogP contribution in [0.15, 0.2) is 16.5 Å². The number of furan rings is 1. The van der Waals surface area contributed by atoms with Gasteiger partial charge in [-0.05, 0) is 24.5 Å². The average molecular weight is 211 g/mol. The Morgan fingerprint density at radius 1 is 1.47 bits per heavy atom. The summed E-state index contributed by atoms with van der Waals surface area (Å²) < 4.78 is 10.7. The lowest BCUT2D eigenvalue weighted by Gasteiger charge is -2.17. The molecule has 0 aliphatic rings. The van der Waals surface area contributed by atoms with Crippen LogP contribution in [0.4, 0.5) is 0 Å². The molecule has 15 heavy (non-hydrogen) atoms. The predicted octanol–water partition coefficient (Wildman–Crippen LogP) is 2.51. The molecule has 2 atom stereocenters. The van der Waals surface area contributed by atoms with Crippen LogP contribution in [0.25, 0.3) is 0 Å². The van der Waals surface area contributed by atoms with E-state index in [2.05, 4.69) is 13.8 Å². The molecule has 0 spiro atoms. The van der Waals surface area contributed by atoms with Crippen molar-refractivity contribution < 1.29 is 9.15 Å². The van der Waals surface area contributed by atoms with Gasteiger partial charge in [-0.15, -0.1) is 0 Å². The minimum absolute atomic E-state index is 0.0274. The molecule has 0 saturated heterocycles. The zero-order valence-electron chi connectivity index (χ0n) is 9.82. The van der Waals surface area contributed by atoms with Gasteiger partial charge in [-0.25, -0.2) is 0 Å². The van der Waals surface area contributed by atoms with E-state index < -0.39 is 0 Å². The molecule has 2 unspecified atom stereocenters. The highest BCUT2D eigenvalue weighted by molar-refractivity contribution is 5.11. The number of hydrogen-bond donors (Lipinski definition) is 1. The summed E-state index contributed by atoms with van der Waals surface area (Å²) in [5, 5.41) is 0. The average Bonchev–Trinajstić information content (AvgIpc) is 2.73. The van der Waals surface area contributed by atoms with E-state index in [9.17, 15) is 0 Å². The smallest absolute Gasteiger partial charge is 0.121 e. The second-order valence-electron chi connectivity index (χ2n) is 3.94. The van der Waals surface area contributed by atoms with E-state index in [4.69, 9.17) is 14.9 Å². The number of hydrogen-bond acceptors (Lipinski definition) is 3. The van der Waals surface area contributed by atoms with Gasteiger partial charge in [0.15, 0.2) is 0 Å². The fourth-order valence-corrected chi connectivity index (χ4v) is 1.53. The first-order valence-corrected chi connectivity index (χ1v) is 5.52. The second-order valence-corrected chi connectivity index (χ2v) is 3.94. The van der Waals surface area contributed by atoms with Crippen LogP contribution >= 0.6 is 0 Å². The van der Waals surface area contributed by atoms with Crippen molar-refractivity contribution >= 4 is 0 Å². The molecule has 3 nitrogen and oxygen atoms in total. The third-order valence-electron chi connectivity index (χ3n) is 2.75. The maximum absolute atomic E-state index is 6.10. The molecule has 0 aliphatic heterocycles. The Balaban J connectivity index is 2.54. The van der Waals surface area contributed by atoms with Gasteiger partial charge in [-0.1, -0.05) is 13.8 Å². The first-order chi connectivity index (χ1) is 7.19. The molecule has 86 valence electrons. The Labute approximate surface area is 91.6 Å². The molecule has 1 aromatic heterocycles. The van der Waals surface area contributed by atoms with Crippen molar-refractivity contribution in [2.45, 2.75) is 32.7 Å². The molecule has 2 N–H and O–H groups in total. The fraction of sp³-hybridized carbons (Fsp3) is 0.667. The van der Waals surface area contributed by atoms with Crippen LogP contribution in [0.1, 0.15) is 37.8 Å². The van der Waals surface area contributed by atoms with Gasteiger partial charge in [0.05, 0.1) is 6.04 Å². The predicted molar refractivity (Wildman–Crippen MR) is 60.7 cm³/mol. The maximum atomic E-state index is 6.10. The van der Waals surface area contributed by atoms with E-state index >= 15 is 0 Å². The minimum Gasteiger partial charge on any atom is -0.464 e. The summed E-state index contributed by atoms with van der Waals surface area (Å²) in [4.78, 5) is 0. The zero-order chi connectivity index (χ0) is 11.3. The van der Waals surface area contributed by atoms with E-state index in [1.165, 1.54) is 0 Å². The molecule has 0 amide bonds. The Morgan fingerprint density at radius 3 is 2.73 bits per heavy atom. The van der Waals surface area contributed by atoms with Crippen molar-refractivity contribution in [2.75, 3.05) is 13.7 Å². The van der Waals surface area contributed by atoms with Crippen molar-refractivity contribution in [1.29, 1.82) is 0 Å². The summed E-state index contributed by atoms with van der Waals surface area (Å²) in [5.74, 6) is 2.26. The van der Waals surface area contributed by atoms with E-state index in [1.807, 2.05) is 12.1 Å². The van der Waals surface area contributed by atoms with Crippen LogP contribution in [0.2, 0.25) is 0 Å². The number of methoxy groups -OCH3 is 1. The van der Waals surface area contributed by atoms with E-state index in [0.717, 1.165) is 31.0 Å². The molecule has 3 heteroatoms. The molecule has 0 aromatic carbocycles. The standard InChI is InChI=1S/C12H21NO2/c1-4-10-5-6-11(15-10)12(13)9(2)7-8-14-3/h5-6,9,12H,4,7-8,13H2,1-3H3. The van der Waals surface area contributed by atoms with Crippen LogP contribution in [-0.4, -0.2) is 13.7 Å². The summed E-state index contributed by atoms with van der Waals surface area (Å²) in [6, 6.07) is 3.95. The third kappa shape index (κ3) is 3.36. The van der Waals surface area contributed by atoms with Gasteiger partial charge < -0.3 is 14.9 Å². The molecule has 0 radical (unpaired) electrons. The topological polar surface area (TPSA) is 48.4 Å². The fourth-order valence-electron chi connectivity index (χ4n) is 1.53. The molecule has 0 bridgehead atoms. The van der Waals surface area contributed by atoms with Gasteiger partial charge in [0.1, 0.15) is 11.5 Å². The van der Waals surface area contributed by atoms with E-state index in [0.29, 0.717) is 5.92 Å². The lowest BCUT2D eigenvalue weighted by molar-refractivity contribution is 0.172. The van der Waals surface area contributed by atoms with Gasteiger partial charge in [-0.2, -0.15) is 0 Å². The van der Waals surface area contributed by atoms with Crippen LogP contribution < -0.4 is 5.73 Å². The van der Waals surface area contributed by atoms with Crippen molar-refractivity contribution in [3.8, 4) is 0 Å². The number of rotatable bonds is 6. The number of ether oxygens (including phenoxy) is 1. The maximum Gasteiger partial charge on any atom is 0.121 e. The summed E-state index contributed by atoms with van der Waals surface area (Å²) in [6.45, 7) is 4.94. The zero-order valence-corrected chi connectivity index (χ0v) is 9.82. The van der Waals surface area contributed by atoms with Gasteiger partial charge in [0, 0.05) is 20.1 Å². The molecular weight excluding hydrogens is 190 g/mol. The lowest BCUT2D eigenvalue weighted by atomic mass is 9.97. The van der Waals surface area contributed by atoms with Crippen LogP contribution in [0.5, 0.6) is 0 Å². The van der Waals surface area contributed by atoms with Crippen molar-refractivity contribution in [1.82, 2.24) is 0 Å². The SMILES string of the molecule is CCc1ccc(C(N)C(C)CCOC)o1. The molecule has 0 aliphatic carbocycles. The Hall–Kier alpha value is -0.800. The highest BCUT2D eigenvalue weighted by Gasteiger charge is 2.17. The Morgan fingerprint density at radius 2 is 2.20 bits per heavy atom. The molecule has 1 aromatic rings. The highest BCUT2D eigenvalue weighted by atomic mass is 16.5. The largest absolute Gasteiger partial charge is 0.464 e. The molecule has 0 saturated carbocycles. The molecular formula is C12H21NO2. The van der Waals surface area contributed by atoms with Gasteiger partial charge in [0.2, 0.25) is 0 Å². The second kappa shape index (κ2) is 5.93. The van der Waals surface area contributed by atoms with E-state index in [-0.39, 0.29) is 6.04 Å². The highest BCUT2D eigenvalue weighted by Crippen LogP contribution is 2.23. The van der Waals surface area contributed by atoms with Gasteiger partial charge >= 0.3 is 0 Å². The van der Waals surface area contributed by atoms with Gasteiger partial charge in [0.25, 0.3) is 0 Å². The Bertz CT molecular complexity index is 283. The normalized spacial score (nSPS) is 15.2. The number of nitrogens with two attached hydrogens (primary N) is 1. The van der Waals surface area contributed by atoms with Crippen LogP contribution in [0.3, 0.4) is 0 Å². The third-order valence-corrected chi connectivity index (χ3v) is 2.75. The quantitative estimate of drug-likeness (QED) is 0.786. The summed E-state index contributed by atoms with van der Waals surface area (Å²) in [6.07, 6.45) is 1.87. The molecule has 0 fully saturated rings. The monoisotopic (exact) mass is 211 g/mol. The first kappa shape index (κ1) is 12.3. The minimum atomic E-state index is -0.0274. The molecule has 1 rings (SSSR count). The van der Waals surface area contributed by atoms with E-state index in [1.54, 1.807) is 7.11 Å². The number of aryl methyl sites for hydroxylation is 1. The summed E-state index contributed by atoms with van der Waals surface area (Å²) >= 11 is 0. The Kier molecular flexibility index (Phi) is 4.85. The molecule has 1 heterocycles. The summed E-state index contributed by atoms with van der Waals surface area (Å²) in [5.41, 5.74) is 6.10. The lowest BCUT2D eigenvalue weighted by Crippen LogP contribution is -2.19. The van der Waals surface area contributed by atoms with Crippen molar-refractivity contribution in [3.63, 3.8) is 0 Å². The first-order valence-electron chi connectivity index (χ1n) is 5.52. The van der Waals surface area contributed by atoms with Gasteiger partial charge in [-0.3, -0.25) is 0 Å². The van der Waals surface area contributed by atoms with Crippen LogP contribution in [-0.2, 0) is 11.2 Å². The van der Waals surface area contributed by atoms with Crippen LogP contribution in [0, 0.1) is 5.92 Å². The van der Waals surface area contributed by atoms with Crippen molar-refractivity contribution in [2.24, 2.45) is 11.7 Å². The summed E-state index contributed by atoms with van der Waals surface area (Å²) in [7, 11) is 1.71. The van der Waals surface area contributed by atoms with Crippen molar-refractivity contribution in [3.05, 3.63) is 23.7 Å².